The predicted molar refractivity (Wildman–Crippen MR) is 70.2 cm³/mol. The SMILES string of the molecule is CCS(=O)(=O)N(CCC(=O)O)c1ccc(C)cc1. The molecule has 0 radical (unpaired) electrons. The third-order valence-electron chi connectivity index (χ3n) is 2.55. The van der Waals surface area contributed by atoms with Crippen molar-refractivity contribution in [3.05, 3.63) is 29.8 Å². The van der Waals surface area contributed by atoms with Gasteiger partial charge in [-0.25, -0.2) is 8.42 Å². The van der Waals surface area contributed by atoms with Crippen molar-refractivity contribution in [1.29, 1.82) is 0 Å². The summed E-state index contributed by atoms with van der Waals surface area (Å²) in [6.07, 6.45) is -0.215. The van der Waals surface area contributed by atoms with Crippen molar-refractivity contribution in [3.8, 4) is 0 Å². The lowest BCUT2D eigenvalue weighted by atomic mass is 10.2. The van der Waals surface area contributed by atoms with Crippen LogP contribution in [0.25, 0.3) is 0 Å². The van der Waals surface area contributed by atoms with E-state index < -0.39 is 16.0 Å². The van der Waals surface area contributed by atoms with E-state index in [0.717, 1.165) is 9.87 Å². The van der Waals surface area contributed by atoms with Crippen molar-refractivity contribution in [3.63, 3.8) is 0 Å². The van der Waals surface area contributed by atoms with Crippen LogP contribution in [0.4, 0.5) is 5.69 Å². The van der Waals surface area contributed by atoms with Gasteiger partial charge in [0.15, 0.2) is 0 Å². The zero-order chi connectivity index (χ0) is 13.8. The van der Waals surface area contributed by atoms with Gasteiger partial charge in [-0.3, -0.25) is 9.10 Å². The first-order chi connectivity index (χ1) is 8.36. The van der Waals surface area contributed by atoms with Gasteiger partial charge in [0.05, 0.1) is 17.9 Å². The molecular formula is C12H17NO4S. The summed E-state index contributed by atoms with van der Waals surface area (Å²) in [6, 6.07) is 6.97. The Bertz CT molecular complexity index is 507. The van der Waals surface area contributed by atoms with Crippen LogP contribution in [-0.2, 0) is 14.8 Å². The Morgan fingerprint density at radius 2 is 1.83 bits per heavy atom. The molecule has 0 saturated heterocycles. The highest BCUT2D eigenvalue weighted by Crippen LogP contribution is 2.19. The lowest BCUT2D eigenvalue weighted by molar-refractivity contribution is -0.136. The van der Waals surface area contributed by atoms with Gasteiger partial charge < -0.3 is 5.11 Å². The Balaban J connectivity index is 3.04. The first-order valence-electron chi connectivity index (χ1n) is 5.65. The second kappa shape index (κ2) is 5.86. The molecule has 0 unspecified atom stereocenters. The van der Waals surface area contributed by atoms with E-state index in [0.29, 0.717) is 5.69 Å². The first-order valence-corrected chi connectivity index (χ1v) is 7.26. The number of carboxylic acids is 1. The summed E-state index contributed by atoms with van der Waals surface area (Å²) >= 11 is 0. The maximum Gasteiger partial charge on any atom is 0.305 e. The van der Waals surface area contributed by atoms with Crippen LogP contribution in [-0.4, -0.2) is 31.8 Å². The fourth-order valence-electron chi connectivity index (χ4n) is 1.49. The third kappa shape index (κ3) is 3.73. The molecule has 5 nitrogen and oxygen atoms in total. The summed E-state index contributed by atoms with van der Waals surface area (Å²) in [6.45, 7) is 3.39. The third-order valence-corrected chi connectivity index (χ3v) is 4.35. The van der Waals surface area contributed by atoms with Crippen LogP contribution in [0.15, 0.2) is 24.3 Å². The van der Waals surface area contributed by atoms with Gasteiger partial charge in [-0.15, -0.1) is 0 Å². The molecule has 0 atom stereocenters. The summed E-state index contributed by atoms with van der Waals surface area (Å²) < 4.78 is 25.0. The average molecular weight is 271 g/mol. The Morgan fingerprint density at radius 1 is 1.28 bits per heavy atom. The number of anilines is 1. The molecule has 0 fully saturated rings. The average Bonchev–Trinajstić information content (AvgIpc) is 2.31. The number of carbonyl (C=O) groups is 1. The highest BCUT2D eigenvalue weighted by atomic mass is 32.2. The fraction of sp³-hybridized carbons (Fsp3) is 0.417. The Kier molecular flexibility index (Phi) is 4.72. The predicted octanol–water partition coefficient (Wildman–Crippen LogP) is 1.63. The second-order valence-electron chi connectivity index (χ2n) is 3.95. The van der Waals surface area contributed by atoms with Crippen molar-refractivity contribution in [2.75, 3.05) is 16.6 Å². The van der Waals surface area contributed by atoms with Crippen LogP contribution in [0.5, 0.6) is 0 Å². The molecular weight excluding hydrogens is 254 g/mol. The molecule has 0 amide bonds. The Labute approximate surface area is 107 Å². The van der Waals surface area contributed by atoms with Gasteiger partial charge in [-0.2, -0.15) is 0 Å². The van der Waals surface area contributed by atoms with Crippen molar-refractivity contribution < 1.29 is 18.3 Å². The first kappa shape index (κ1) is 14.5. The van der Waals surface area contributed by atoms with E-state index in [9.17, 15) is 13.2 Å². The van der Waals surface area contributed by atoms with Crippen LogP contribution in [0.2, 0.25) is 0 Å². The normalized spacial score (nSPS) is 11.2. The van der Waals surface area contributed by atoms with Crippen molar-refractivity contribution in [1.82, 2.24) is 0 Å². The summed E-state index contributed by atoms with van der Waals surface area (Å²) in [7, 11) is -3.45. The van der Waals surface area contributed by atoms with Gasteiger partial charge in [0.25, 0.3) is 0 Å². The summed E-state index contributed by atoms with van der Waals surface area (Å²) in [5.74, 6) is -1.07. The Morgan fingerprint density at radius 3 is 2.28 bits per heavy atom. The number of sulfonamides is 1. The van der Waals surface area contributed by atoms with E-state index in [1.165, 1.54) is 6.92 Å². The lowest BCUT2D eigenvalue weighted by Crippen LogP contribution is -2.34. The monoisotopic (exact) mass is 271 g/mol. The van der Waals surface area contributed by atoms with E-state index >= 15 is 0 Å². The maximum atomic E-state index is 11.9. The molecule has 0 aliphatic rings. The maximum absolute atomic E-state index is 11.9. The number of hydrogen-bond acceptors (Lipinski definition) is 3. The molecule has 1 aromatic rings. The number of hydrogen-bond donors (Lipinski definition) is 1. The van der Waals surface area contributed by atoms with Crippen LogP contribution >= 0.6 is 0 Å². The minimum Gasteiger partial charge on any atom is -0.481 e. The van der Waals surface area contributed by atoms with E-state index in [4.69, 9.17) is 5.11 Å². The number of aryl methyl sites for hydroxylation is 1. The van der Waals surface area contributed by atoms with E-state index in [-0.39, 0.29) is 18.7 Å². The van der Waals surface area contributed by atoms with Gasteiger partial charge >= 0.3 is 5.97 Å². The number of nitrogens with zero attached hydrogens (tertiary/aromatic N) is 1. The molecule has 0 aliphatic carbocycles. The topological polar surface area (TPSA) is 74.7 Å². The van der Waals surface area contributed by atoms with Crippen LogP contribution in [0.3, 0.4) is 0 Å². The molecule has 0 bridgehead atoms. The fourth-order valence-corrected chi connectivity index (χ4v) is 2.62. The largest absolute Gasteiger partial charge is 0.481 e. The van der Waals surface area contributed by atoms with Crippen LogP contribution in [0, 0.1) is 6.92 Å². The number of aliphatic carboxylic acids is 1. The molecule has 0 heterocycles. The zero-order valence-electron chi connectivity index (χ0n) is 10.5. The van der Waals surface area contributed by atoms with Crippen LogP contribution < -0.4 is 4.31 Å². The van der Waals surface area contributed by atoms with Crippen molar-refractivity contribution >= 4 is 21.7 Å². The highest BCUT2D eigenvalue weighted by Gasteiger charge is 2.21. The van der Waals surface area contributed by atoms with Crippen molar-refractivity contribution in [2.24, 2.45) is 0 Å². The van der Waals surface area contributed by atoms with E-state index in [2.05, 4.69) is 0 Å². The lowest BCUT2D eigenvalue weighted by Gasteiger charge is -2.23. The quantitative estimate of drug-likeness (QED) is 0.853. The number of benzene rings is 1. The smallest absolute Gasteiger partial charge is 0.305 e. The number of carboxylic acid groups (broad SMARTS) is 1. The van der Waals surface area contributed by atoms with Gasteiger partial charge in [0.1, 0.15) is 0 Å². The van der Waals surface area contributed by atoms with E-state index in [1.807, 2.05) is 6.92 Å². The Hall–Kier alpha value is -1.56. The standard InChI is InChI=1S/C12H17NO4S/c1-3-18(16,17)13(9-8-12(14)15)11-6-4-10(2)5-7-11/h4-7H,3,8-9H2,1-2H3,(H,14,15). The minimum atomic E-state index is -3.45. The van der Waals surface area contributed by atoms with Gasteiger partial charge in [0, 0.05) is 6.54 Å². The molecule has 6 heteroatoms. The number of rotatable bonds is 6. The summed E-state index contributed by atoms with van der Waals surface area (Å²) in [5, 5.41) is 8.67. The minimum absolute atomic E-state index is 0.0471. The van der Waals surface area contributed by atoms with Gasteiger partial charge in [-0.05, 0) is 26.0 Å². The highest BCUT2D eigenvalue weighted by molar-refractivity contribution is 7.92. The molecule has 18 heavy (non-hydrogen) atoms. The molecule has 100 valence electrons. The zero-order valence-corrected chi connectivity index (χ0v) is 11.3. The van der Waals surface area contributed by atoms with Crippen LogP contribution in [0.1, 0.15) is 18.9 Å². The summed E-state index contributed by atoms with van der Waals surface area (Å²) in [4.78, 5) is 10.6. The molecule has 0 aliphatic heterocycles. The molecule has 0 spiro atoms. The molecule has 0 aromatic heterocycles. The van der Waals surface area contributed by atoms with Gasteiger partial charge in [0.2, 0.25) is 10.0 Å². The molecule has 0 saturated carbocycles. The second-order valence-corrected chi connectivity index (χ2v) is 6.13. The van der Waals surface area contributed by atoms with E-state index in [1.54, 1.807) is 24.3 Å². The molecule has 1 rings (SSSR count). The molecule has 1 aromatic carbocycles. The summed E-state index contributed by atoms with van der Waals surface area (Å²) in [5.41, 5.74) is 1.52. The molecule has 1 N–H and O–H groups in total. The van der Waals surface area contributed by atoms with Crippen molar-refractivity contribution in [2.45, 2.75) is 20.3 Å². The van der Waals surface area contributed by atoms with Gasteiger partial charge in [-0.1, -0.05) is 17.7 Å².